The highest BCUT2D eigenvalue weighted by molar-refractivity contribution is 5.82. The molecule has 0 unspecified atom stereocenters. The van der Waals surface area contributed by atoms with Crippen LogP contribution in [0, 0.1) is 0 Å². The van der Waals surface area contributed by atoms with E-state index in [0.717, 1.165) is 0 Å². The van der Waals surface area contributed by atoms with Gasteiger partial charge in [0, 0.05) is 0 Å². The van der Waals surface area contributed by atoms with Gasteiger partial charge in [-0.3, -0.25) is 0 Å². The Morgan fingerprint density at radius 1 is 1.64 bits per heavy atom. The molecular weight excluding hydrogens is 162 g/mol. The van der Waals surface area contributed by atoms with E-state index in [0.29, 0.717) is 0 Å². The van der Waals surface area contributed by atoms with Gasteiger partial charge in [0.2, 0.25) is 0 Å². The number of hydrogen-bond donors (Lipinski definition) is 1. The second-order valence-electron chi connectivity index (χ2n) is 1.56. The number of hydrogen-bond acceptors (Lipinski definition) is 4. The van der Waals surface area contributed by atoms with Gasteiger partial charge in [0.15, 0.2) is 0 Å². The molecule has 0 fully saturated rings. The third kappa shape index (κ3) is 1.48. The molecule has 0 aliphatic carbocycles. The summed E-state index contributed by atoms with van der Waals surface area (Å²) in [6.07, 6.45) is -2.93. The first-order valence-electron chi connectivity index (χ1n) is 2.46. The largest absolute Gasteiger partial charge is 0.475 e. The van der Waals surface area contributed by atoms with Gasteiger partial charge in [0.25, 0.3) is 11.7 Å². The Balaban J connectivity index is 2.90. The average molecular weight is 164 g/mol. The molecule has 0 aliphatic rings. The van der Waals surface area contributed by atoms with Crippen molar-refractivity contribution in [1.82, 2.24) is 10.1 Å². The first-order valence-corrected chi connectivity index (χ1v) is 2.46. The summed E-state index contributed by atoms with van der Waals surface area (Å²) in [5.41, 5.74) is 0. The summed E-state index contributed by atoms with van der Waals surface area (Å²) in [6, 6.07) is 0. The molecule has 0 saturated carbocycles. The molecule has 0 aromatic carbocycles. The summed E-state index contributed by atoms with van der Waals surface area (Å²) in [7, 11) is 0. The zero-order chi connectivity index (χ0) is 8.43. The van der Waals surface area contributed by atoms with E-state index in [-0.39, 0.29) is 0 Å². The number of carboxylic acid groups (broad SMARTS) is 1. The van der Waals surface area contributed by atoms with Crippen LogP contribution in [0.3, 0.4) is 0 Å². The Morgan fingerprint density at radius 3 is 2.55 bits per heavy atom. The fraction of sp³-hybridized carbons (Fsp3) is 0.250. The highest BCUT2D eigenvalue weighted by Crippen LogP contribution is 2.15. The molecule has 7 heteroatoms. The van der Waals surface area contributed by atoms with Crippen molar-refractivity contribution in [2.45, 2.75) is 6.43 Å². The maximum atomic E-state index is 11.7. The van der Waals surface area contributed by atoms with E-state index in [1.165, 1.54) is 0 Å². The van der Waals surface area contributed by atoms with Gasteiger partial charge in [-0.2, -0.15) is 13.8 Å². The summed E-state index contributed by atoms with van der Waals surface area (Å²) >= 11 is 0. The average Bonchev–Trinajstić information content (AvgIpc) is 2.33. The first kappa shape index (κ1) is 7.58. The van der Waals surface area contributed by atoms with Crippen LogP contribution in [0.1, 0.15) is 22.9 Å². The lowest BCUT2D eigenvalue weighted by Crippen LogP contribution is -1.98. The van der Waals surface area contributed by atoms with E-state index < -0.39 is 24.1 Å². The zero-order valence-corrected chi connectivity index (χ0v) is 4.99. The maximum Gasteiger partial charge on any atom is 0.377 e. The Labute approximate surface area is 58.6 Å². The zero-order valence-electron chi connectivity index (χ0n) is 4.99. The van der Waals surface area contributed by atoms with Crippen LogP contribution in [-0.2, 0) is 0 Å². The Hall–Kier alpha value is -1.53. The minimum atomic E-state index is -2.93. The number of alkyl halides is 2. The molecule has 1 heterocycles. The molecule has 1 rings (SSSR count). The molecule has 1 aromatic rings. The van der Waals surface area contributed by atoms with Gasteiger partial charge >= 0.3 is 12.4 Å². The van der Waals surface area contributed by atoms with E-state index in [1.54, 1.807) is 0 Å². The summed E-state index contributed by atoms with van der Waals surface area (Å²) in [4.78, 5) is 12.9. The van der Waals surface area contributed by atoms with E-state index in [4.69, 9.17) is 5.11 Å². The number of rotatable bonds is 2. The van der Waals surface area contributed by atoms with Gasteiger partial charge in [-0.15, -0.1) is 0 Å². The quantitative estimate of drug-likeness (QED) is 0.696. The Kier molecular flexibility index (Phi) is 1.79. The number of halogens is 2. The minimum Gasteiger partial charge on any atom is -0.475 e. The monoisotopic (exact) mass is 164 g/mol. The van der Waals surface area contributed by atoms with Crippen LogP contribution in [0.25, 0.3) is 0 Å². The lowest BCUT2D eigenvalue weighted by atomic mass is 10.6. The van der Waals surface area contributed by atoms with Crippen molar-refractivity contribution in [3.05, 3.63) is 11.7 Å². The number of aromatic nitrogens is 2. The van der Waals surface area contributed by atoms with E-state index in [9.17, 15) is 13.6 Å². The van der Waals surface area contributed by atoms with Crippen LogP contribution in [0.2, 0.25) is 0 Å². The summed E-state index contributed by atoms with van der Waals surface area (Å²) in [5.74, 6) is -3.25. The molecule has 0 spiro atoms. The van der Waals surface area contributed by atoms with Gasteiger partial charge < -0.3 is 9.63 Å². The number of aromatic carboxylic acids is 1. The molecule has 1 N–H and O–H groups in total. The lowest BCUT2D eigenvalue weighted by molar-refractivity contribution is 0.0679. The summed E-state index contributed by atoms with van der Waals surface area (Å²) in [6.45, 7) is 0. The normalized spacial score (nSPS) is 10.5. The van der Waals surface area contributed by atoms with Crippen molar-refractivity contribution < 1.29 is 23.2 Å². The van der Waals surface area contributed by atoms with Crippen LogP contribution in [0.4, 0.5) is 8.78 Å². The van der Waals surface area contributed by atoms with Crippen molar-refractivity contribution >= 4 is 5.97 Å². The Bertz CT molecular complexity index is 272. The highest BCUT2D eigenvalue weighted by Gasteiger charge is 2.19. The fourth-order valence-electron chi connectivity index (χ4n) is 0.411. The third-order valence-electron chi connectivity index (χ3n) is 0.820. The molecule has 1 aromatic heterocycles. The number of nitrogens with zero attached hydrogens (tertiary/aromatic N) is 2. The first-order chi connectivity index (χ1) is 5.11. The minimum absolute atomic E-state index is 0.764. The van der Waals surface area contributed by atoms with Crippen molar-refractivity contribution in [1.29, 1.82) is 0 Å². The highest BCUT2D eigenvalue weighted by atomic mass is 19.3. The van der Waals surface area contributed by atoms with E-state index >= 15 is 0 Å². The lowest BCUT2D eigenvalue weighted by Gasteiger charge is -1.83. The number of carboxylic acids is 1. The predicted octanol–water partition coefficient (Wildman–Crippen LogP) is 0.705. The predicted molar refractivity (Wildman–Crippen MR) is 26.2 cm³/mol. The molecule has 5 nitrogen and oxygen atoms in total. The third-order valence-corrected chi connectivity index (χ3v) is 0.820. The topological polar surface area (TPSA) is 76.2 Å². The van der Waals surface area contributed by atoms with Crippen molar-refractivity contribution in [2.75, 3.05) is 0 Å². The van der Waals surface area contributed by atoms with Crippen LogP contribution in [0.15, 0.2) is 4.52 Å². The summed E-state index contributed by atoms with van der Waals surface area (Å²) < 4.78 is 27.2. The van der Waals surface area contributed by atoms with Gasteiger partial charge in [-0.05, 0) is 5.16 Å². The standard InChI is InChI=1S/C4H2F2N2O3/c5-1(6)3-7-2(4(9)10)8-11-3/h1H,(H,9,10). The second kappa shape index (κ2) is 2.60. The second-order valence-corrected chi connectivity index (χ2v) is 1.56. The molecule has 0 aliphatic heterocycles. The van der Waals surface area contributed by atoms with Crippen LogP contribution in [0.5, 0.6) is 0 Å². The van der Waals surface area contributed by atoms with Crippen molar-refractivity contribution in [3.63, 3.8) is 0 Å². The molecule has 0 saturated heterocycles. The SMILES string of the molecule is O=C(O)c1noc(C(F)F)n1. The fourth-order valence-corrected chi connectivity index (χ4v) is 0.411. The summed E-state index contributed by atoms with van der Waals surface area (Å²) in [5, 5.41) is 10.9. The van der Waals surface area contributed by atoms with Gasteiger partial charge in [0.05, 0.1) is 0 Å². The molecule has 0 amide bonds. The van der Waals surface area contributed by atoms with E-state index in [1.807, 2.05) is 0 Å². The van der Waals surface area contributed by atoms with Crippen molar-refractivity contribution in [3.8, 4) is 0 Å². The molecule has 0 bridgehead atoms. The van der Waals surface area contributed by atoms with Crippen LogP contribution < -0.4 is 0 Å². The maximum absolute atomic E-state index is 11.7. The number of carbonyl (C=O) groups is 1. The smallest absolute Gasteiger partial charge is 0.377 e. The van der Waals surface area contributed by atoms with Gasteiger partial charge in [0.1, 0.15) is 0 Å². The van der Waals surface area contributed by atoms with Gasteiger partial charge in [-0.1, -0.05) is 0 Å². The van der Waals surface area contributed by atoms with E-state index in [2.05, 4.69) is 14.7 Å². The molecular formula is C4H2F2N2O3. The molecule has 60 valence electrons. The Morgan fingerprint density at radius 2 is 2.27 bits per heavy atom. The van der Waals surface area contributed by atoms with Crippen LogP contribution >= 0.6 is 0 Å². The van der Waals surface area contributed by atoms with Gasteiger partial charge in [-0.25, -0.2) is 4.79 Å². The molecule has 0 radical (unpaired) electrons. The molecule has 11 heavy (non-hydrogen) atoms. The molecule has 0 atom stereocenters. The van der Waals surface area contributed by atoms with Crippen LogP contribution in [-0.4, -0.2) is 21.2 Å². The van der Waals surface area contributed by atoms with Crippen molar-refractivity contribution in [2.24, 2.45) is 0 Å².